The van der Waals surface area contributed by atoms with E-state index in [-0.39, 0.29) is 25.1 Å². The maximum absolute atomic E-state index is 12.0. The molecule has 1 fully saturated rings. The van der Waals surface area contributed by atoms with Gasteiger partial charge in [-0.25, -0.2) is 9.78 Å². The highest BCUT2D eigenvalue weighted by atomic mass is 32.2. The second-order valence-electron chi connectivity index (χ2n) is 6.13. The summed E-state index contributed by atoms with van der Waals surface area (Å²) in [6.45, 7) is 5.22. The predicted octanol–water partition coefficient (Wildman–Crippen LogP) is 1.30. The van der Waals surface area contributed by atoms with Gasteiger partial charge in [0.1, 0.15) is 12.7 Å². The van der Waals surface area contributed by atoms with Crippen molar-refractivity contribution in [2.24, 2.45) is 5.41 Å². The second-order valence-corrected chi connectivity index (χ2v) is 8.80. The third-order valence-electron chi connectivity index (χ3n) is 3.05. The number of carbonyl (C=O) groups is 1. The summed E-state index contributed by atoms with van der Waals surface area (Å²) in [5.74, 6) is 0.614. The summed E-state index contributed by atoms with van der Waals surface area (Å²) in [6.07, 6.45) is 1.07. The number of thioether (sulfide) groups is 1. The summed E-state index contributed by atoms with van der Waals surface area (Å²) >= 11 is 1.61. The Bertz CT molecular complexity index is 473. The van der Waals surface area contributed by atoms with Crippen molar-refractivity contribution in [2.75, 3.05) is 43.7 Å². The average molecular weight is 386 g/mol. The zero-order chi connectivity index (χ0) is 18.1. The Morgan fingerprint density at radius 1 is 1.29 bits per heavy atom. The van der Waals surface area contributed by atoms with E-state index in [4.69, 9.17) is 23.8 Å². The molecule has 1 heterocycles. The molecule has 8 nitrogen and oxygen atoms in total. The number of hydrogen-bond acceptors (Lipinski definition) is 8. The molecule has 1 unspecified atom stereocenters. The number of carbonyl (C=O) groups excluding carboxylic acids is 1. The fourth-order valence-electron chi connectivity index (χ4n) is 1.55. The number of rotatable bonds is 14. The van der Waals surface area contributed by atoms with Crippen LogP contribution in [0.3, 0.4) is 0 Å². The molecule has 0 amide bonds. The Morgan fingerprint density at radius 2 is 2.00 bits per heavy atom. The Hall–Kier alpha value is -0.390. The fraction of sp³-hybridized carbons (Fsp3) is 0.929. The summed E-state index contributed by atoms with van der Waals surface area (Å²) in [4.78, 5) is 21.9. The van der Waals surface area contributed by atoms with Crippen molar-refractivity contribution < 1.29 is 37.0 Å². The van der Waals surface area contributed by atoms with Crippen molar-refractivity contribution in [3.05, 3.63) is 0 Å². The lowest BCUT2D eigenvalue weighted by Crippen LogP contribution is -2.30. The largest absolute Gasteiger partial charge is 0.465 e. The second kappa shape index (κ2) is 10.6. The van der Waals surface area contributed by atoms with E-state index in [0.29, 0.717) is 19.0 Å². The van der Waals surface area contributed by atoms with Gasteiger partial charge in [-0.3, -0.25) is 9.35 Å². The molecule has 1 N–H and O–H groups in total. The molecule has 10 heteroatoms. The number of esters is 1. The topological polar surface area (TPSA) is 112 Å². The molecule has 0 aliphatic carbocycles. The maximum atomic E-state index is 12.0. The van der Waals surface area contributed by atoms with Gasteiger partial charge in [0.2, 0.25) is 0 Å². The van der Waals surface area contributed by atoms with Crippen LogP contribution in [0.1, 0.15) is 26.7 Å². The van der Waals surface area contributed by atoms with Gasteiger partial charge >= 0.3 is 5.97 Å². The van der Waals surface area contributed by atoms with Gasteiger partial charge in [-0.15, -0.1) is 0 Å². The Balaban J connectivity index is 2.00. The normalized spacial score (nSPS) is 17.7. The van der Waals surface area contributed by atoms with E-state index in [9.17, 15) is 13.2 Å². The van der Waals surface area contributed by atoms with Gasteiger partial charge < -0.3 is 9.47 Å². The molecule has 1 aliphatic heterocycles. The predicted molar refractivity (Wildman–Crippen MR) is 89.4 cm³/mol. The van der Waals surface area contributed by atoms with Crippen LogP contribution in [0.5, 0.6) is 0 Å². The highest BCUT2D eigenvalue weighted by Gasteiger charge is 2.29. The van der Waals surface area contributed by atoms with Gasteiger partial charge in [0, 0.05) is 5.75 Å². The zero-order valence-electron chi connectivity index (χ0n) is 14.1. The number of ether oxygens (including phenoxy) is 2. The standard InChI is InChI=1S/C14H26O8S2/c1-14(2,13(15)19-5-4-8-24(16,17)18)11-23-7-3-6-21-22-10-12-9-20-12/h12H,3-11H2,1-2H3,(H,16,17,18). The molecule has 1 aliphatic rings. The van der Waals surface area contributed by atoms with E-state index in [1.807, 2.05) is 0 Å². The van der Waals surface area contributed by atoms with Gasteiger partial charge in [0.25, 0.3) is 10.1 Å². The van der Waals surface area contributed by atoms with Crippen molar-refractivity contribution in [2.45, 2.75) is 32.8 Å². The molecule has 0 spiro atoms. The first-order chi connectivity index (χ1) is 11.2. The van der Waals surface area contributed by atoms with Crippen molar-refractivity contribution in [1.29, 1.82) is 0 Å². The number of epoxide rings is 1. The van der Waals surface area contributed by atoms with Gasteiger partial charge in [0.05, 0.1) is 31.0 Å². The third-order valence-corrected chi connectivity index (χ3v) is 5.36. The molecule has 1 atom stereocenters. The lowest BCUT2D eigenvalue weighted by atomic mass is 9.97. The molecule has 0 saturated carbocycles. The molecule has 24 heavy (non-hydrogen) atoms. The van der Waals surface area contributed by atoms with Crippen molar-refractivity contribution >= 4 is 27.8 Å². The van der Waals surface area contributed by atoms with Crippen LogP contribution in [0.2, 0.25) is 0 Å². The van der Waals surface area contributed by atoms with Crippen LogP contribution in [0.4, 0.5) is 0 Å². The zero-order valence-corrected chi connectivity index (χ0v) is 15.7. The molecule has 0 aromatic rings. The first-order valence-electron chi connectivity index (χ1n) is 7.77. The Labute approximate surface area is 147 Å². The van der Waals surface area contributed by atoms with Crippen molar-refractivity contribution in [3.8, 4) is 0 Å². The van der Waals surface area contributed by atoms with Gasteiger partial charge in [0.15, 0.2) is 0 Å². The summed E-state index contributed by atoms with van der Waals surface area (Å²) in [5.41, 5.74) is -0.663. The summed E-state index contributed by atoms with van der Waals surface area (Å²) in [6, 6.07) is 0. The smallest absolute Gasteiger partial charge is 0.312 e. The Morgan fingerprint density at radius 3 is 2.62 bits per heavy atom. The summed E-state index contributed by atoms with van der Waals surface area (Å²) in [5, 5.41) is 0. The number of hydrogen-bond donors (Lipinski definition) is 1. The Kier molecular flexibility index (Phi) is 9.53. The van der Waals surface area contributed by atoms with Crippen LogP contribution in [0.15, 0.2) is 0 Å². The van der Waals surface area contributed by atoms with Gasteiger partial charge in [-0.2, -0.15) is 20.2 Å². The molecule has 1 rings (SSSR count). The molecular formula is C14H26O8S2. The minimum Gasteiger partial charge on any atom is -0.465 e. The SMILES string of the molecule is CC(C)(CSCCCOOCC1CO1)C(=O)OCCCS(=O)(=O)O. The van der Waals surface area contributed by atoms with E-state index in [0.717, 1.165) is 18.8 Å². The van der Waals surface area contributed by atoms with Crippen LogP contribution < -0.4 is 0 Å². The monoisotopic (exact) mass is 386 g/mol. The van der Waals surface area contributed by atoms with Gasteiger partial charge in [-0.05, 0) is 32.4 Å². The van der Waals surface area contributed by atoms with E-state index in [1.165, 1.54) is 0 Å². The van der Waals surface area contributed by atoms with E-state index in [2.05, 4.69) is 0 Å². The fourth-order valence-corrected chi connectivity index (χ4v) is 3.13. The van der Waals surface area contributed by atoms with Crippen LogP contribution in [-0.2, 0) is 34.2 Å². The van der Waals surface area contributed by atoms with E-state index < -0.39 is 21.3 Å². The quantitative estimate of drug-likeness (QED) is 0.118. The van der Waals surface area contributed by atoms with Crippen LogP contribution in [0, 0.1) is 5.41 Å². The molecule has 0 bridgehead atoms. The first kappa shape index (κ1) is 21.7. The highest BCUT2D eigenvalue weighted by molar-refractivity contribution is 7.99. The average Bonchev–Trinajstić information content (AvgIpc) is 3.29. The van der Waals surface area contributed by atoms with E-state index in [1.54, 1.807) is 25.6 Å². The summed E-state index contributed by atoms with van der Waals surface area (Å²) in [7, 11) is -4.01. The molecule has 142 valence electrons. The molecule has 0 aromatic heterocycles. The lowest BCUT2D eigenvalue weighted by molar-refractivity contribution is -0.295. The van der Waals surface area contributed by atoms with Crippen LogP contribution >= 0.6 is 11.8 Å². The molecule has 0 aromatic carbocycles. The molecule has 0 radical (unpaired) electrons. The van der Waals surface area contributed by atoms with Gasteiger partial charge in [-0.1, -0.05) is 0 Å². The highest BCUT2D eigenvalue weighted by Crippen LogP contribution is 2.24. The molecule has 1 saturated heterocycles. The van der Waals surface area contributed by atoms with Crippen molar-refractivity contribution in [1.82, 2.24) is 0 Å². The van der Waals surface area contributed by atoms with E-state index >= 15 is 0 Å². The molecular weight excluding hydrogens is 360 g/mol. The summed E-state index contributed by atoms with van der Waals surface area (Å²) < 4.78 is 39.8. The minimum absolute atomic E-state index is 0.0252. The lowest BCUT2D eigenvalue weighted by Gasteiger charge is -2.22. The first-order valence-corrected chi connectivity index (χ1v) is 10.5. The third kappa shape index (κ3) is 11.2. The van der Waals surface area contributed by atoms with Crippen molar-refractivity contribution in [3.63, 3.8) is 0 Å². The minimum atomic E-state index is -4.01. The van der Waals surface area contributed by atoms with Crippen LogP contribution in [0.25, 0.3) is 0 Å². The maximum Gasteiger partial charge on any atom is 0.312 e. The van der Waals surface area contributed by atoms with Crippen LogP contribution in [-0.4, -0.2) is 68.7 Å².